The minimum atomic E-state index is -5.18. The summed E-state index contributed by atoms with van der Waals surface area (Å²) in [4.78, 5) is 13.1. The Kier molecular flexibility index (Phi) is 7.60. The number of alkyl halides is 6. The first-order valence-electron chi connectivity index (χ1n) is 9.88. The van der Waals surface area contributed by atoms with Gasteiger partial charge in [0, 0.05) is 11.5 Å². The van der Waals surface area contributed by atoms with Crippen LogP contribution in [0.5, 0.6) is 0 Å². The van der Waals surface area contributed by atoms with Gasteiger partial charge in [0.05, 0.1) is 16.7 Å². The standard InChI is InChI=1S/C23H24F6O2P/c1-14(12-21(2,3)4)13-32(31)18-11-6-5-8-15(18)20(30)19-16(22(24,25)26)9-7-10-17(19)23(27,28)29/h5-11,14H,12-13H2,1-4H3/q+1. The van der Waals surface area contributed by atoms with Crippen molar-refractivity contribution in [2.75, 3.05) is 6.16 Å². The van der Waals surface area contributed by atoms with Gasteiger partial charge in [0.2, 0.25) is 5.30 Å². The van der Waals surface area contributed by atoms with E-state index in [1.54, 1.807) is 0 Å². The zero-order chi connectivity index (χ0) is 24.5. The minimum Gasteiger partial charge on any atom is -0.288 e. The predicted molar refractivity (Wildman–Crippen MR) is 112 cm³/mol. The highest BCUT2D eigenvalue weighted by molar-refractivity contribution is 7.53. The van der Waals surface area contributed by atoms with Gasteiger partial charge in [0.15, 0.2) is 11.9 Å². The second kappa shape index (κ2) is 9.34. The summed E-state index contributed by atoms with van der Waals surface area (Å²) >= 11 is 0. The second-order valence-corrected chi connectivity index (χ2v) is 10.6. The van der Waals surface area contributed by atoms with E-state index in [4.69, 9.17) is 0 Å². The molecule has 2 rings (SSSR count). The monoisotopic (exact) mass is 477 g/mol. The highest BCUT2D eigenvalue weighted by Gasteiger charge is 2.44. The molecule has 2 unspecified atom stereocenters. The minimum absolute atomic E-state index is 0.0324. The van der Waals surface area contributed by atoms with Crippen molar-refractivity contribution in [2.24, 2.45) is 11.3 Å². The summed E-state index contributed by atoms with van der Waals surface area (Å²) in [5, 5.41) is -0.0432. The molecule has 32 heavy (non-hydrogen) atoms. The van der Waals surface area contributed by atoms with Crippen LogP contribution in [0.3, 0.4) is 0 Å². The SMILES string of the molecule is CC(C[P+](=O)c1ccccc1C(=O)c1c(C(F)(F)F)cccc1C(F)(F)F)CC(C)(C)C. The predicted octanol–water partition coefficient (Wildman–Crippen LogP) is 7.48. The third-order valence-corrected chi connectivity index (χ3v) is 6.64. The molecule has 0 N–H and O–H groups in total. The lowest BCUT2D eigenvalue weighted by Gasteiger charge is -2.20. The summed E-state index contributed by atoms with van der Waals surface area (Å²) in [5.74, 6) is -1.48. The van der Waals surface area contributed by atoms with Gasteiger partial charge in [-0.05, 0) is 36.1 Å². The highest BCUT2D eigenvalue weighted by atomic mass is 31.1. The topological polar surface area (TPSA) is 34.1 Å². The van der Waals surface area contributed by atoms with Crippen molar-refractivity contribution >= 4 is 18.9 Å². The third kappa shape index (κ3) is 6.41. The molecular weight excluding hydrogens is 453 g/mol. The number of benzene rings is 2. The van der Waals surface area contributed by atoms with Gasteiger partial charge in [-0.15, -0.1) is 0 Å². The first-order valence-corrected chi connectivity index (χ1v) is 11.3. The van der Waals surface area contributed by atoms with Crippen LogP contribution in [0.15, 0.2) is 42.5 Å². The lowest BCUT2D eigenvalue weighted by molar-refractivity contribution is -0.143. The van der Waals surface area contributed by atoms with E-state index in [9.17, 15) is 35.7 Å². The van der Waals surface area contributed by atoms with Gasteiger partial charge in [0.25, 0.3) is 0 Å². The van der Waals surface area contributed by atoms with Gasteiger partial charge in [-0.1, -0.05) is 50.5 Å². The maximum absolute atomic E-state index is 13.5. The number of hydrogen-bond donors (Lipinski definition) is 0. The Balaban J connectivity index is 2.58. The van der Waals surface area contributed by atoms with Crippen molar-refractivity contribution in [2.45, 2.75) is 46.5 Å². The summed E-state index contributed by atoms with van der Waals surface area (Å²) < 4.78 is 94.0. The normalized spacial score (nSPS) is 14.2. The van der Waals surface area contributed by atoms with E-state index in [0.29, 0.717) is 24.6 Å². The molecule has 0 fully saturated rings. The van der Waals surface area contributed by atoms with Crippen LogP contribution in [0.2, 0.25) is 0 Å². The van der Waals surface area contributed by atoms with E-state index in [-0.39, 0.29) is 22.8 Å². The number of halogens is 6. The quantitative estimate of drug-likeness (QED) is 0.246. The fourth-order valence-electron chi connectivity index (χ4n) is 3.78. The molecule has 0 aromatic heterocycles. The van der Waals surface area contributed by atoms with Crippen LogP contribution in [0.1, 0.15) is 61.2 Å². The van der Waals surface area contributed by atoms with Gasteiger partial charge in [-0.25, -0.2) is 0 Å². The molecule has 2 atom stereocenters. The third-order valence-electron chi connectivity index (χ3n) is 4.76. The van der Waals surface area contributed by atoms with Crippen molar-refractivity contribution in [1.29, 1.82) is 0 Å². The van der Waals surface area contributed by atoms with Gasteiger partial charge in [0.1, 0.15) is 0 Å². The highest BCUT2D eigenvalue weighted by Crippen LogP contribution is 2.41. The molecule has 174 valence electrons. The molecule has 0 bridgehead atoms. The Morgan fingerprint density at radius 3 is 1.84 bits per heavy atom. The Labute approximate surface area is 183 Å². The lowest BCUT2D eigenvalue weighted by Crippen LogP contribution is -2.23. The molecule has 0 aliphatic carbocycles. The van der Waals surface area contributed by atoms with Gasteiger partial charge in [-0.2, -0.15) is 26.3 Å². The lowest BCUT2D eigenvalue weighted by atomic mass is 9.86. The second-order valence-electron chi connectivity index (χ2n) is 9.00. The van der Waals surface area contributed by atoms with Crippen LogP contribution in [-0.2, 0) is 16.9 Å². The molecule has 0 radical (unpaired) electrons. The smallest absolute Gasteiger partial charge is 0.288 e. The van der Waals surface area contributed by atoms with E-state index in [1.807, 2.05) is 27.7 Å². The van der Waals surface area contributed by atoms with Crippen molar-refractivity contribution in [3.8, 4) is 0 Å². The van der Waals surface area contributed by atoms with Crippen LogP contribution in [-0.4, -0.2) is 11.9 Å². The molecule has 2 aromatic carbocycles. The van der Waals surface area contributed by atoms with Crippen molar-refractivity contribution in [3.05, 3.63) is 64.7 Å². The maximum Gasteiger partial charge on any atom is 0.417 e. The zero-order valence-electron chi connectivity index (χ0n) is 18.1. The fraction of sp³-hybridized carbons (Fsp3) is 0.435. The average molecular weight is 477 g/mol. The summed E-state index contributed by atoms with van der Waals surface area (Å²) in [6, 6.07) is 6.71. The molecule has 2 nitrogen and oxygen atoms in total. The molecule has 0 saturated heterocycles. The first-order chi connectivity index (χ1) is 14.5. The van der Waals surface area contributed by atoms with Crippen LogP contribution >= 0.6 is 7.80 Å². The molecule has 0 saturated carbocycles. The molecular formula is C23H24F6O2P+. The number of rotatable bonds is 6. The van der Waals surface area contributed by atoms with Crippen LogP contribution < -0.4 is 5.30 Å². The molecule has 2 aromatic rings. The van der Waals surface area contributed by atoms with E-state index in [0.717, 1.165) is 6.07 Å². The van der Waals surface area contributed by atoms with Gasteiger partial charge >= 0.3 is 20.2 Å². The Morgan fingerprint density at radius 1 is 0.875 bits per heavy atom. The number of carbonyl (C=O) groups is 1. The number of ketones is 1. The van der Waals surface area contributed by atoms with E-state index in [1.165, 1.54) is 18.2 Å². The average Bonchev–Trinajstić information content (AvgIpc) is 2.63. The van der Waals surface area contributed by atoms with Crippen LogP contribution in [0, 0.1) is 11.3 Å². The van der Waals surface area contributed by atoms with Crippen molar-refractivity contribution in [3.63, 3.8) is 0 Å². The summed E-state index contributed by atoms with van der Waals surface area (Å²) in [6.45, 7) is 7.87. The molecule has 0 aliphatic heterocycles. The van der Waals surface area contributed by atoms with E-state index >= 15 is 0 Å². The van der Waals surface area contributed by atoms with E-state index in [2.05, 4.69) is 0 Å². The van der Waals surface area contributed by atoms with E-state index < -0.39 is 48.2 Å². The maximum atomic E-state index is 13.5. The molecule has 0 spiro atoms. The summed E-state index contributed by atoms with van der Waals surface area (Å²) in [7, 11) is -2.22. The summed E-state index contributed by atoms with van der Waals surface area (Å²) in [5.41, 5.74) is -5.31. The Morgan fingerprint density at radius 2 is 1.38 bits per heavy atom. The van der Waals surface area contributed by atoms with Crippen molar-refractivity contribution < 1.29 is 35.7 Å². The number of carbonyl (C=O) groups excluding carboxylic acids is 1. The molecule has 0 amide bonds. The summed E-state index contributed by atoms with van der Waals surface area (Å²) in [6.07, 6.45) is -9.49. The molecule has 0 heterocycles. The van der Waals surface area contributed by atoms with Crippen LogP contribution in [0.4, 0.5) is 26.3 Å². The van der Waals surface area contributed by atoms with Gasteiger partial charge < -0.3 is 0 Å². The largest absolute Gasteiger partial charge is 0.417 e. The molecule has 9 heteroatoms. The zero-order valence-corrected chi connectivity index (χ0v) is 19.0. The Hall–Kier alpha value is -2.21. The fourth-order valence-corrected chi connectivity index (χ4v) is 5.37. The molecule has 0 aliphatic rings. The van der Waals surface area contributed by atoms with Crippen molar-refractivity contribution in [1.82, 2.24) is 0 Å². The first kappa shape index (κ1) is 26.0. The van der Waals surface area contributed by atoms with Crippen LogP contribution in [0.25, 0.3) is 0 Å². The number of hydrogen-bond acceptors (Lipinski definition) is 2. The van der Waals surface area contributed by atoms with Gasteiger partial charge in [-0.3, -0.25) is 4.79 Å². The Bertz CT molecular complexity index is 971.